The van der Waals surface area contributed by atoms with Crippen LogP contribution in [0.4, 0.5) is 4.39 Å². The van der Waals surface area contributed by atoms with Crippen LogP contribution in [0.2, 0.25) is 0 Å². The van der Waals surface area contributed by atoms with Crippen LogP contribution in [0.25, 0.3) is 0 Å². The van der Waals surface area contributed by atoms with Gasteiger partial charge in [0, 0.05) is 30.4 Å². The molecule has 0 aliphatic carbocycles. The Bertz CT molecular complexity index is 589. The number of rotatable bonds is 5. The van der Waals surface area contributed by atoms with E-state index in [-0.39, 0.29) is 11.4 Å². The molecule has 1 aromatic carbocycles. The zero-order chi connectivity index (χ0) is 15.5. The molecule has 0 saturated heterocycles. The van der Waals surface area contributed by atoms with E-state index in [2.05, 4.69) is 31.2 Å². The second kappa shape index (κ2) is 6.37. The molecular formula is C16H22FN3O. The lowest BCUT2D eigenvalue weighted by Crippen LogP contribution is -2.23. The van der Waals surface area contributed by atoms with Crippen molar-refractivity contribution in [1.29, 1.82) is 0 Å². The quantitative estimate of drug-likeness (QED) is 0.890. The fraction of sp³-hybridized carbons (Fsp3) is 0.438. The molecule has 0 fully saturated rings. The van der Waals surface area contributed by atoms with Gasteiger partial charge in [0.05, 0.1) is 17.8 Å². The molecule has 0 spiro atoms. The van der Waals surface area contributed by atoms with Crippen molar-refractivity contribution in [3.63, 3.8) is 0 Å². The summed E-state index contributed by atoms with van der Waals surface area (Å²) in [6.07, 6.45) is 2.92. The summed E-state index contributed by atoms with van der Waals surface area (Å²) in [5.74, 6) is -0.382. The standard InChI is InChI=1S/C16H22FN3O/c1-16(2,3)20-11-12(9-19-20)8-18-10-15(21)13-6-4-5-7-14(13)17/h4-7,9,11,15,18,21H,8,10H2,1-3H3. The molecule has 0 radical (unpaired) electrons. The fourth-order valence-corrected chi connectivity index (χ4v) is 2.03. The van der Waals surface area contributed by atoms with Crippen molar-refractivity contribution in [2.75, 3.05) is 6.54 Å². The Morgan fingerprint density at radius 1 is 1.33 bits per heavy atom. The molecule has 0 amide bonds. The Balaban J connectivity index is 1.87. The Hall–Kier alpha value is -1.72. The van der Waals surface area contributed by atoms with Gasteiger partial charge in [-0.2, -0.15) is 5.10 Å². The van der Waals surface area contributed by atoms with Gasteiger partial charge in [-0.15, -0.1) is 0 Å². The van der Waals surface area contributed by atoms with Gasteiger partial charge in [-0.1, -0.05) is 18.2 Å². The summed E-state index contributed by atoms with van der Waals surface area (Å²) in [7, 11) is 0. The second-order valence-electron chi connectivity index (χ2n) is 6.13. The van der Waals surface area contributed by atoms with E-state index >= 15 is 0 Å². The van der Waals surface area contributed by atoms with E-state index in [9.17, 15) is 9.50 Å². The van der Waals surface area contributed by atoms with E-state index in [4.69, 9.17) is 0 Å². The minimum Gasteiger partial charge on any atom is -0.387 e. The first-order valence-electron chi connectivity index (χ1n) is 7.05. The largest absolute Gasteiger partial charge is 0.387 e. The third kappa shape index (κ3) is 4.12. The number of aromatic nitrogens is 2. The average Bonchev–Trinajstić information content (AvgIpc) is 2.88. The second-order valence-corrected chi connectivity index (χ2v) is 6.13. The summed E-state index contributed by atoms with van der Waals surface area (Å²) >= 11 is 0. The van der Waals surface area contributed by atoms with Gasteiger partial charge in [-0.25, -0.2) is 4.39 Å². The molecule has 4 nitrogen and oxygen atoms in total. The van der Waals surface area contributed by atoms with Crippen molar-refractivity contribution in [3.8, 4) is 0 Å². The highest BCUT2D eigenvalue weighted by atomic mass is 19.1. The third-order valence-corrected chi connectivity index (χ3v) is 3.25. The highest BCUT2D eigenvalue weighted by molar-refractivity contribution is 5.20. The topological polar surface area (TPSA) is 50.1 Å². The number of benzene rings is 1. The smallest absolute Gasteiger partial charge is 0.129 e. The molecular weight excluding hydrogens is 269 g/mol. The van der Waals surface area contributed by atoms with Crippen LogP contribution in [-0.4, -0.2) is 21.4 Å². The zero-order valence-electron chi connectivity index (χ0n) is 12.7. The lowest BCUT2D eigenvalue weighted by molar-refractivity contribution is 0.169. The van der Waals surface area contributed by atoms with Crippen LogP contribution in [0.15, 0.2) is 36.7 Å². The lowest BCUT2D eigenvalue weighted by atomic mass is 10.1. The summed E-state index contributed by atoms with van der Waals surface area (Å²) in [5, 5.41) is 17.4. The first-order chi connectivity index (χ1) is 9.88. The first-order valence-corrected chi connectivity index (χ1v) is 7.05. The van der Waals surface area contributed by atoms with Crippen molar-refractivity contribution in [1.82, 2.24) is 15.1 Å². The average molecular weight is 291 g/mol. The Morgan fingerprint density at radius 2 is 2.05 bits per heavy atom. The summed E-state index contributed by atoms with van der Waals surface area (Å²) in [6.45, 7) is 7.13. The number of hydrogen-bond acceptors (Lipinski definition) is 3. The number of aliphatic hydroxyl groups excluding tert-OH is 1. The maximum Gasteiger partial charge on any atom is 0.129 e. The number of nitrogens with one attached hydrogen (secondary N) is 1. The van der Waals surface area contributed by atoms with E-state index in [0.29, 0.717) is 18.7 Å². The molecule has 2 rings (SSSR count). The van der Waals surface area contributed by atoms with Crippen LogP contribution in [0, 0.1) is 5.82 Å². The van der Waals surface area contributed by atoms with Gasteiger partial charge in [0.2, 0.25) is 0 Å². The third-order valence-electron chi connectivity index (χ3n) is 3.25. The number of aliphatic hydroxyl groups is 1. The van der Waals surface area contributed by atoms with Crippen molar-refractivity contribution < 1.29 is 9.50 Å². The summed E-state index contributed by atoms with van der Waals surface area (Å²) in [6, 6.07) is 6.28. The van der Waals surface area contributed by atoms with E-state index < -0.39 is 6.10 Å². The van der Waals surface area contributed by atoms with Crippen molar-refractivity contribution in [2.24, 2.45) is 0 Å². The van der Waals surface area contributed by atoms with Gasteiger partial charge < -0.3 is 10.4 Å². The number of nitrogens with zero attached hydrogens (tertiary/aromatic N) is 2. The van der Waals surface area contributed by atoms with Gasteiger partial charge in [-0.3, -0.25) is 4.68 Å². The lowest BCUT2D eigenvalue weighted by Gasteiger charge is -2.18. The molecule has 1 aromatic heterocycles. The van der Waals surface area contributed by atoms with E-state index in [1.54, 1.807) is 24.4 Å². The van der Waals surface area contributed by atoms with Gasteiger partial charge >= 0.3 is 0 Å². The number of halogens is 1. The van der Waals surface area contributed by atoms with Crippen LogP contribution < -0.4 is 5.32 Å². The first kappa shape index (κ1) is 15.7. The van der Waals surface area contributed by atoms with Crippen molar-refractivity contribution in [2.45, 2.75) is 39.0 Å². The van der Waals surface area contributed by atoms with Gasteiger partial charge in [0.1, 0.15) is 5.82 Å². The molecule has 5 heteroatoms. The van der Waals surface area contributed by atoms with E-state index in [0.717, 1.165) is 5.56 Å². The Kier molecular flexibility index (Phi) is 4.75. The van der Waals surface area contributed by atoms with Crippen LogP contribution in [0.1, 0.15) is 38.0 Å². The number of hydrogen-bond donors (Lipinski definition) is 2. The van der Waals surface area contributed by atoms with Crippen LogP contribution in [0.5, 0.6) is 0 Å². The van der Waals surface area contributed by atoms with Crippen LogP contribution in [0.3, 0.4) is 0 Å². The molecule has 0 saturated carbocycles. The predicted molar refractivity (Wildman–Crippen MR) is 80.3 cm³/mol. The van der Waals surface area contributed by atoms with Crippen molar-refractivity contribution in [3.05, 3.63) is 53.6 Å². The molecule has 114 valence electrons. The van der Waals surface area contributed by atoms with Gasteiger partial charge in [-0.05, 0) is 26.8 Å². The molecule has 2 N–H and O–H groups in total. The highest BCUT2D eigenvalue weighted by Crippen LogP contribution is 2.16. The monoisotopic (exact) mass is 291 g/mol. The normalized spacial score (nSPS) is 13.4. The van der Waals surface area contributed by atoms with Gasteiger partial charge in [0.25, 0.3) is 0 Å². The Labute approximate surface area is 124 Å². The highest BCUT2D eigenvalue weighted by Gasteiger charge is 2.14. The molecule has 1 atom stereocenters. The van der Waals surface area contributed by atoms with E-state index in [1.165, 1.54) is 6.07 Å². The Morgan fingerprint density at radius 3 is 2.67 bits per heavy atom. The predicted octanol–water partition coefficient (Wildman–Crippen LogP) is 2.60. The summed E-state index contributed by atoms with van der Waals surface area (Å²) in [4.78, 5) is 0. The molecule has 1 unspecified atom stereocenters. The summed E-state index contributed by atoms with van der Waals surface area (Å²) in [5.41, 5.74) is 1.30. The van der Waals surface area contributed by atoms with Crippen molar-refractivity contribution >= 4 is 0 Å². The fourth-order valence-electron chi connectivity index (χ4n) is 2.03. The maximum atomic E-state index is 13.5. The minimum atomic E-state index is -0.858. The van der Waals surface area contributed by atoms with Gasteiger partial charge in [0.15, 0.2) is 0 Å². The molecule has 0 bridgehead atoms. The molecule has 0 aliphatic rings. The molecule has 21 heavy (non-hydrogen) atoms. The summed E-state index contributed by atoms with van der Waals surface area (Å²) < 4.78 is 15.4. The van der Waals surface area contributed by atoms with Crippen LogP contribution in [-0.2, 0) is 12.1 Å². The SMILES string of the molecule is CC(C)(C)n1cc(CNCC(O)c2ccccc2F)cn1. The molecule has 2 aromatic rings. The molecule has 1 heterocycles. The maximum absolute atomic E-state index is 13.5. The minimum absolute atomic E-state index is 0.0507. The van der Waals surface area contributed by atoms with Crippen LogP contribution >= 0.6 is 0 Å². The molecule has 0 aliphatic heterocycles. The zero-order valence-corrected chi connectivity index (χ0v) is 12.7. The van der Waals surface area contributed by atoms with E-state index in [1.807, 2.05) is 10.9 Å².